The minimum atomic E-state index is -0.929. The first-order valence-electron chi connectivity index (χ1n) is 6.38. The number of hydrogen-bond donors (Lipinski definition) is 1. The number of rotatable bonds is 6. The largest absolute Gasteiger partial charge is 0.468 e. The smallest absolute Gasteiger partial charge is 0.318 e. The van der Waals surface area contributed by atoms with E-state index in [0.29, 0.717) is 6.42 Å². The van der Waals surface area contributed by atoms with Crippen LogP contribution in [0.3, 0.4) is 0 Å². The van der Waals surface area contributed by atoms with Crippen LogP contribution < -0.4 is 5.32 Å². The van der Waals surface area contributed by atoms with Gasteiger partial charge in [0.05, 0.1) is 13.2 Å². The summed E-state index contributed by atoms with van der Waals surface area (Å²) >= 11 is 0. The molecule has 20 heavy (non-hydrogen) atoms. The summed E-state index contributed by atoms with van der Waals surface area (Å²) in [5, 5.41) is 11.1. The Kier molecular flexibility index (Phi) is 5.73. The van der Waals surface area contributed by atoms with Crippen LogP contribution in [-0.4, -0.2) is 25.5 Å². The lowest BCUT2D eigenvalue weighted by molar-refractivity contribution is -0.147. The van der Waals surface area contributed by atoms with E-state index in [4.69, 9.17) is 10.00 Å². The van der Waals surface area contributed by atoms with E-state index in [0.717, 1.165) is 5.56 Å². The Hall–Kier alpha value is -2.35. The molecule has 0 aliphatic rings. The van der Waals surface area contributed by atoms with Crippen molar-refractivity contribution in [2.45, 2.75) is 25.2 Å². The highest BCUT2D eigenvalue weighted by Gasteiger charge is 2.40. The normalized spacial score (nSPS) is 12.8. The summed E-state index contributed by atoms with van der Waals surface area (Å²) in [7, 11) is 1.33. The molecule has 0 saturated carbocycles. The Bertz CT molecular complexity index is 508. The van der Waals surface area contributed by atoms with Gasteiger partial charge in [-0.15, -0.1) is 0 Å². The van der Waals surface area contributed by atoms with Gasteiger partial charge in [-0.1, -0.05) is 37.3 Å². The van der Waals surface area contributed by atoms with Crippen LogP contribution in [0.15, 0.2) is 30.3 Å². The summed E-state index contributed by atoms with van der Waals surface area (Å²) in [6.07, 6.45) is 0.256. The highest BCUT2D eigenvalue weighted by molar-refractivity contribution is 5.85. The molecule has 0 heterocycles. The summed E-state index contributed by atoms with van der Waals surface area (Å²) in [6, 6.07) is 11.0. The van der Waals surface area contributed by atoms with Crippen LogP contribution in [0, 0.1) is 11.3 Å². The zero-order chi connectivity index (χ0) is 15.0. The SMILES string of the molecule is CC[C@@](CNC(=O)CC#N)(C(=O)OC)c1ccccc1. The molecule has 0 fully saturated rings. The van der Waals surface area contributed by atoms with Gasteiger partial charge in [0.25, 0.3) is 0 Å². The molecule has 5 heteroatoms. The number of carbonyl (C=O) groups excluding carboxylic acids is 2. The average Bonchev–Trinajstić information content (AvgIpc) is 2.49. The van der Waals surface area contributed by atoms with Crippen LogP contribution >= 0.6 is 0 Å². The van der Waals surface area contributed by atoms with Gasteiger partial charge in [0, 0.05) is 6.54 Å². The van der Waals surface area contributed by atoms with Crippen LogP contribution in [-0.2, 0) is 19.7 Å². The van der Waals surface area contributed by atoms with Crippen LogP contribution in [0.25, 0.3) is 0 Å². The van der Waals surface area contributed by atoms with Crippen molar-refractivity contribution in [1.82, 2.24) is 5.32 Å². The predicted molar refractivity (Wildman–Crippen MR) is 73.7 cm³/mol. The van der Waals surface area contributed by atoms with E-state index >= 15 is 0 Å². The lowest BCUT2D eigenvalue weighted by Crippen LogP contribution is -2.46. The van der Waals surface area contributed by atoms with Crippen LogP contribution in [0.5, 0.6) is 0 Å². The second kappa shape index (κ2) is 7.29. The number of amides is 1. The van der Waals surface area contributed by atoms with E-state index in [9.17, 15) is 9.59 Å². The molecule has 5 nitrogen and oxygen atoms in total. The lowest BCUT2D eigenvalue weighted by atomic mass is 9.78. The van der Waals surface area contributed by atoms with E-state index in [1.807, 2.05) is 37.3 Å². The summed E-state index contributed by atoms with van der Waals surface area (Å²) in [5.41, 5.74) is -0.146. The summed E-state index contributed by atoms with van der Waals surface area (Å²) < 4.78 is 4.90. The molecule has 1 N–H and O–H groups in total. The maximum absolute atomic E-state index is 12.2. The van der Waals surface area contributed by atoms with Crippen LogP contribution in [0.1, 0.15) is 25.3 Å². The Labute approximate surface area is 118 Å². The number of carbonyl (C=O) groups is 2. The number of nitrogens with zero attached hydrogens (tertiary/aromatic N) is 1. The van der Waals surface area contributed by atoms with Crippen molar-refractivity contribution in [2.75, 3.05) is 13.7 Å². The molecule has 1 aromatic carbocycles. The number of nitriles is 1. The second-order valence-corrected chi connectivity index (χ2v) is 4.40. The molecule has 0 unspecified atom stereocenters. The number of nitrogens with one attached hydrogen (secondary N) is 1. The third-order valence-electron chi connectivity index (χ3n) is 3.33. The molecule has 106 valence electrons. The number of hydrogen-bond acceptors (Lipinski definition) is 4. The molecule has 0 aromatic heterocycles. The molecule has 0 aliphatic carbocycles. The molecule has 1 aromatic rings. The first-order valence-corrected chi connectivity index (χ1v) is 6.38. The molecule has 0 saturated heterocycles. The van der Waals surface area contributed by atoms with Crippen molar-refractivity contribution in [1.29, 1.82) is 5.26 Å². The van der Waals surface area contributed by atoms with Gasteiger partial charge >= 0.3 is 5.97 Å². The summed E-state index contributed by atoms with van der Waals surface area (Å²) in [6.45, 7) is 1.97. The Balaban J connectivity index is 3.05. The van der Waals surface area contributed by atoms with Gasteiger partial charge in [0.15, 0.2) is 0 Å². The first kappa shape index (κ1) is 15.7. The molecule has 0 spiro atoms. The lowest BCUT2D eigenvalue weighted by Gasteiger charge is -2.30. The van der Waals surface area contributed by atoms with Gasteiger partial charge in [0.2, 0.25) is 5.91 Å². The van der Waals surface area contributed by atoms with Crippen molar-refractivity contribution < 1.29 is 14.3 Å². The molecule has 1 rings (SSSR count). The predicted octanol–water partition coefficient (Wildman–Crippen LogP) is 1.54. The minimum absolute atomic E-state index is 0.112. The van der Waals surface area contributed by atoms with Crippen molar-refractivity contribution >= 4 is 11.9 Å². The molecule has 1 amide bonds. The monoisotopic (exact) mass is 274 g/mol. The zero-order valence-electron chi connectivity index (χ0n) is 11.7. The van der Waals surface area contributed by atoms with Crippen LogP contribution in [0.2, 0.25) is 0 Å². The minimum Gasteiger partial charge on any atom is -0.468 e. The molecular weight excluding hydrogens is 256 g/mol. The van der Waals surface area contributed by atoms with E-state index in [1.54, 1.807) is 6.07 Å². The number of esters is 1. The van der Waals surface area contributed by atoms with Crippen molar-refractivity contribution in [3.05, 3.63) is 35.9 Å². The number of ether oxygens (including phenoxy) is 1. The van der Waals surface area contributed by atoms with Gasteiger partial charge in [-0.05, 0) is 12.0 Å². The van der Waals surface area contributed by atoms with Gasteiger partial charge in [0.1, 0.15) is 11.8 Å². The van der Waals surface area contributed by atoms with Crippen LogP contribution in [0.4, 0.5) is 0 Å². The van der Waals surface area contributed by atoms with Gasteiger partial charge in [-0.2, -0.15) is 5.26 Å². The van der Waals surface area contributed by atoms with Crippen molar-refractivity contribution in [2.24, 2.45) is 0 Å². The molecular formula is C15H18N2O3. The van der Waals surface area contributed by atoms with E-state index in [-0.39, 0.29) is 13.0 Å². The van der Waals surface area contributed by atoms with Gasteiger partial charge in [-0.3, -0.25) is 9.59 Å². The van der Waals surface area contributed by atoms with Gasteiger partial charge in [-0.25, -0.2) is 0 Å². The Morgan fingerprint density at radius 2 is 2.00 bits per heavy atom. The fourth-order valence-electron chi connectivity index (χ4n) is 2.10. The van der Waals surface area contributed by atoms with E-state index in [1.165, 1.54) is 7.11 Å². The van der Waals surface area contributed by atoms with Crippen molar-refractivity contribution in [3.63, 3.8) is 0 Å². The molecule has 0 bridgehead atoms. The maximum atomic E-state index is 12.2. The first-order chi connectivity index (χ1) is 9.60. The highest BCUT2D eigenvalue weighted by Crippen LogP contribution is 2.29. The van der Waals surface area contributed by atoms with Crippen molar-refractivity contribution in [3.8, 4) is 6.07 Å². The molecule has 0 radical (unpaired) electrons. The number of methoxy groups -OCH3 is 1. The van der Waals surface area contributed by atoms with Gasteiger partial charge < -0.3 is 10.1 Å². The topological polar surface area (TPSA) is 79.2 Å². The maximum Gasteiger partial charge on any atom is 0.318 e. The quantitative estimate of drug-likeness (QED) is 0.798. The fraction of sp³-hybridized carbons (Fsp3) is 0.400. The van der Waals surface area contributed by atoms with E-state index in [2.05, 4.69) is 5.32 Å². The average molecular weight is 274 g/mol. The molecule has 1 atom stereocenters. The third-order valence-corrected chi connectivity index (χ3v) is 3.33. The summed E-state index contributed by atoms with van der Waals surface area (Å²) in [5.74, 6) is -0.798. The highest BCUT2D eigenvalue weighted by atomic mass is 16.5. The fourth-order valence-corrected chi connectivity index (χ4v) is 2.10. The number of benzene rings is 1. The van der Waals surface area contributed by atoms with E-state index < -0.39 is 17.3 Å². The molecule has 0 aliphatic heterocycles. The second-order valence-electron chi connectivity index (χ2n) is 4.40. The Morgan fingerprint density at radius 3 is 2.50 bits per heavy atom. The standard InChI is InChI=1S/C15H18N2O3/c1-3-15(14(19)20-2,11-17-13(18)9-10-16)12-7-5-4-6-8-12/h4-8H,3,9,11H2,1-2H3,(H,17,18)/t15-/m0/s1. The summed E-state index contributed by atoms with van der Waals surface area (Å²) in [4.78, 5) is 23.7. The Morgan fingerprint density at radius 1 is 1.35 bits per heavy atom. The zero-order valence-corrected chi connectivity index (χ0v) is 11.7. The third kappa shape index (κ3) is 3.35.